The predicted octanol–water partition coefficient (Wildman–Crippen LogP) is 5.38. The van der Waals surface area contributed by atoms with E-state index in [0.29, 0.717) is 0 Å². The maximum atomic E-state index is 9.64. The van der Waals surface area contributed by atoms with Gasteiger partial charge in [0.1, 0.15) is 6.33 Å². The van der Waals surface area contributed by atoms with Crippen LogP contribution in [-0.2, 0) is 35.4 Å². The first-order valence-electron chi connectivity index (χ1n) is 13.5. The van der Waals surface area contributed by atoms with Gasteiger partial charge >= 0.3 is 11.9 Å². The van der Waals surface area contributed by atoms with Crippen molar-refractivity contribution in [3.8, 4) is 11.3 Å². The number of carbonyl (C=O) groups is 2. The molecule has 9 heteroatoms. The van der Waals surface area contributed by atoms with Gasteiger partial charge in [0.15, 0.2) is 0 Å². The number of carboxylic acids is 2. The second-order valence-corrected chi connectivity index (χ2v) is 10.4. The largest absolute Gasteiger partial charge is 0.481 e. The van der Waals surface area contributed by atoms with Gasteiger partial charge in [0.05, 0.1) is 29.2 Å². The summed E-state index contributed by atoms with van der Waals surface area (Å²) in [4.78, 5) is 28.2. The van der Waals surface area contributed by atoms with Crippen LogP contribution in [0, 0.1) is 5.92 Å². The molecule has 0 radical (unpaired) electrons. The summed E-state index contributed by atoms with van der Waals surface area (Å²) in [5.41, 5.74) is 8.36. The van der Waals surface area contributed by atoms with Crippen LogP contribution >= 0.6 is 11.6 Å². The van der Waals surface area contributed by atoms with Crippen LogP contribution in [0.3, 0.4) is 0 Å². The van der Waals surface area contributed by atoms with Crippen molar-refractivity contribution in [2.24, 2.45) is 5.92 Å². The minimum Gasteiger partial charge on any atom is -0.481 e. The third-order valence-corrected chi connectivity index (χ3v) is 7.30. The van der Waals surface area contributed by atoms with Gasteiger partial charge in [-0.15, -0.1) is 0 Å². The third-order valence-electron chi connectivity index (χ3n) is 6.98. The zero-order chi connectivity index (χ0) is 27.6. The lowest BCUT2D eigenvalue weighted by molar-refractivity contribution is -0.143. The van der Waals surface area contributed by atoms with E-state index in [0.717, 1.165) is 72.5 Å². The number of rotatable bonds is 10. The number of hydrogen-bond donors (Lipinski definition) is 4. The fraction of sp³-hybridized carbons (Fsp3) is 0.400. The molecule has 39 heavy (non-hydrogen) atoms. The molecule has 0 saturated heterocycles. The molecule has 1 aromatic heterocycles. The predicted molar refractivity (Wildman–Crippen MR) is 152 cm³/mol. The first-order chi connectivity index (χ1) is 18.9. The smallest absolute Gasteiger partial charge is 0.303 e. The van der Waals surface area contributed by atoms with E-state index in [1.165, 1.54) is 36.0 Å². The average Bonchev–Trinajstić information content (AvgIpc) is 3.78. The molecule has 1 saturated carbocycles. The van der Waals surface area contributed by atoms with Crippen molar-refractivity contribution >= 4 is 29.2 Å². The zero-order valence-electron chi connectivity index (χ0n) is 22.0. The van der Waals surface area contributed by atoms with Gasteiger partial charge in [-0.05, 0) is 73.5 Å². The number of aromatic nitrogens is 2. The SMILES string of the molecule is Clc1ccc2c(c1NCc1ccc(-c3cc(CCC4CC4)ncn3)cc1)CCNCC2.O=C(O)CCC(=O)O. The average molecular weight is 551 g/mol. The maximum Gasteiger partial charge on any atom is 0.303 e. The topological polar surface area (TPSA) is 124 Å². The molecule has 0 amide bonds. The van der Waals surface area contributed by atoms with Crippen LogP contribution in [0.2, 0.25) is 5.02 Å². The van der Waals surface area contributed by atoms with E-state index < -0.39 is 11.9 Å². The van der Waals surface area contributed by atoms with Crippen LogP contribution in [0.25, 0.3) is 11.3 Å². The zero-order valence-corrected chi connectivity index (χ0v) is 22.7. The first-order valence-corrected chi connectivity index (χ1v) is 13.9. The molecular weight excluding hydrogens is 516 g/mol. The number of nitrogens with one attached hydrogen (secondary N) is 2. The summed E-state index contributed by atoms with van der Waals surface area (Å²) in [5.74, 6) is -1.23. The number of aryl methyl sites for hydroxylation is 1. The van der Waals surface area contributed by atoms with Crippen molar-refractivity contribution < 1.29 is 19.8 Å². The molecule has 1 aliphatic carbocycles. The highest BCUT2D eigenvalue weighted by molar-refractivity contribution is 6.33. The van der Waals surface area contributed by atoms with E-state index in [-0.39, 0.29) is 12.8 Å². The lowest BCUT2D eigenvalue weighted by Crippen LogP contribution is -2.16. The van der Waals surface area contributed by atoms with E-state index in [1.54, 1.807) is 6.33 Å². The maximum absolute atomic E-state index is 9.64. The van der Waals surface area contributed by atoms with E-state index in [9.17, 15) is 9.59 Å². The molecule has 5 rings (SSSR count). The molecule has 0 atom stereocenters. The Hall–Kier alpha value is -3.49. The second-order valence-electron chi connectivity index (χ2n) is 10.0. The molecular formula is C30H35ClN4O4. The van der Waals surface area contributed by atoms with E-state index >= 15 is 0 Å². The molecule has 0 spiro atoms. The summed E-state index contributed by atoms with van der Waals surface area (Å²) in [6.07, 6.45) is 8.26. The highest BCUT2D eigenvalue weighted by atomic mass is 35.5. The third kappa shape index (κ3) is 9.04. The molecule has 206 valence electrons. The molecule has 4 N–H and O–H groups in total. The number of aliphatic carboxylic acids is 2. The Balaban J connectivity index is 0.000000386. The number of halogens is 1. The molecule has 2 aromatic carbocycles. The summed E-state index contributed by atoms with van der Waals surface area (Å²) in [7, 11) is 0. The highest BCUT2D eigenvalue weighted by Gasteiger charge is 2.21. The summed E-state index contributed by atoms with van der Waals surface area (Å²) in [5, 5.41) is 23.7. The van der Waals surface area contributed by atoms with Crippen molar-refractivity contribution in [1.29, 1.82) is 0 Å². The van der Waals surface area contributed by atoms with Crippen LogP contribution < -0.4 is 10.6 Å². The van der Waals surface area contributed by atoms with Gasteiger partial charge in [0.25, 0.3) is 0 Å². The Morgan fingerprint density at radius 2 is 1.69 bits per heavy atom. The lowest BCUT2D eigenvalue weighted by atomic mass is 10.0. The quantitative estimate of drug-likeness (QED) is 0.265. The fourth-order valence-electron chi connectivity index (χ4n) is 4.58. The number of benzene rings is 2. The highest BCUT2D eigenvalue weighted by Crippen LogP contribution is 2.34. The van der Waals surface area contributed by atoms with Crippen molar-refractivity contribution in [3.05, 3.63) is 76.2 Å². The summed E-state index contributed by atoms with van der Waals surface area (Å²) < 4.78 is 0. The molecule has 3 aromatic rings. The van der Waals surface area contributed by atoms with Crippen LogP contribution in [0.15, 0.2) is 48.8 Å². The van der Waals surface area contributed by atoms with Gasteiger partial charge in [0.2, 0.25) is 0 Å². The molecule has 8 nitrogen and oxygen atoms in total. The Labute approximate surface area is 233 Å². The van der Waals surface area contributed by atoms with Crippen molar-refractivity contribution in [2.45, 2.75) is 57.9 Å². The van der Waals surface area contributed by atoms with Crippen LogP contribution in [0.5, 0.6) is 0 Å². The standard InChI is InChI=1S/C26H29ClN4.C4H6O4/c27-24-10-8-20-11-13-28-14-12-23(20)26(24)29-16-19-3-6-21(7-4-19)25-15-22(30-17-31-25)9-5-18-1-2-18;5-3(6)1-2-4(7)8/h3-4,6-8,10,15,17-18,28-29H,1-2,5,9,11-14,16H2;1-2H2,(H,5,6)(H,7,8). The number of fused-ring (bicyclic) bond motifs is 1. The van der Waals surface area contributed by atoms with Crippen molar-refractivity contribution in [1.82, 2.24) is 15.3 Å². The summed E-state index contributed by atoms with van der Waals surface area (Å²) >= 11 is 6.55. The normalized spacial score (nSPS) is 14.4. The second kappa shape index (κ2) is 14.1. The Kier molecular flexibility index (Phi) is 10.3. The monoisotopic (exact) mass is 550 g/mol. The first kappa shape index (κ1) is 28.5. The van der Waals surface area contributed by atoms with Gasteiger partial charge in [-0.25, -0.2) is 9.97 Å². The Bertz CT molecular complexity index is 1260. The number of nitrogens with zero attached hydrogens (tertiary/aromatic N) is 2. The van der Waals surface area contributed by atoms with Gasteiger partial charge in [-0.2, -0.15) is 0 Å². The van der Waals surface area contributed by atoms with Crippen LogP contribution in [0.4, 0.5) is 5.69 Å². The van der Waals surface area contributed by atoms with Crippen molar-refractivity contribution in [2.75, 3.05) is 18.4 Å². The molecule has 0 bridgehead atoms. The minimum absolute atomic E-state index is 0.296. The molecule has 2 aliphatic rings. The van der Waals surface area contributed by atoms with Crippen molar-refractivity contribution in [3.63, 3.8) is 0 Å². The van der Waals surface area contributed by atoms with E-state index in [2.05, 4.69) is 57.0 Å². The molecule has 2 heterocycles. The Morgan fingerprint density at radius 1 is 0.974 bits per heavy atom. The number of carboxylic acid groups (broad SMARTS) is 2. The van der Waals surface area contributed by atoms with Crippen LogP contribution in [-0.4, -0.2) is 45.2 Å². The number of hydrogen-bond acceptors (Lipinski definition) is 6. The van der Waals surface area contributed by atoms with E-state index in [1.807, 2.05) is 6.07 Å². The summed E-state index contributed by atoms with van der Waals surface area (Å²) in [6, 6.07) is 15.0. The van der Waals surface area contributed by atoms with Gasteiger partial charge in [-0.3, -0.25) is 9.59 Å². The number of anilines is 1. The van der Waals surface area contributed by atoms with Gasteiger partial charge in [0, 0.05) is 17.8 Å². The molecule has 1 aliphatic heterocycles. The Morgan fingerprint density at radius 3 is 2.38 bits per heavy atom. The van der Waals surface area contributed by atoms with Gasteiger partial charge < -0.3 is 20.8 Å². The van der Waals surface area contributed by atoms with Gasteiger partial charge in [-0.1, -0.05) is 54.8 Å². The molecule has 0 unspecified atom stereocenters. The minimum atomic E-state index is -1.08. The molecule has 1 fully saturated rings. The van der Waals surface area contributed by atoms with Crippen LogP contribution in [0.1, 0.15) is 54.5 Å². The lowest BCUT2D eigenvalue weighted by Gasteiger charge is -2.16. The van der Waals surface area contributed by atoms with E-state index in [4.69, 9.17) is 21.8 Å². The fourth-order valence-corrected chi connectivity index (χ4v) is 4.83. The summed E-state index contributed by atoms with van der Waals surface area (Å²) in [6.45, 7) is 2.78.